The van der Waals surface area contributed by atoms with Gasteiger partial charge in [-0.15, -0.1) is 0 Å². The predicted molar refractivity (Wildman–Crippen MR) is 40.5 cm³/mol. The molecule has 0 aliphatic carbocycles. The number of phenolic OH excluding ortho intramolecular Hbond substituents is 1. The molecule has 2 N–H and O–H groups in total. The van der Waals surface area contributed by atoms with Gasteiger partial charge in [0.1, 0.15) is 5.82 Å². The minimum atomic E-state index is -0.591. The van der Waals surface area contributed by atoms with Gasteiger partial charge in [-0.3, -0.25) is 0 Å². The number of methoxy groups -OCH3 is 1. The fraction of sp³-hybridized carbons (Fsp3) is 0.250. The maximum Gasteiger partial charge on any atom is 0.163 e. The van der Waals surface area contributed by atoms with E-state index in [1.165, 1.54) is 7.11 Å². The number of hydrogen-bond acceptors (Lipinski definition) is 3. The first-order valence-corrected chi connectivity index (χ1v) is 3.35. The van der Waals surface area contributed by atoms with Crippen molar-refractivity contribution >= 4 is 0 Å². The predicted octanol–water partition coefficient (Wildman–Crippen LogP) is 1.03. The zero-order valence-corrected chi connectivity index (χ0v) is 6.54. The van der Waals surface area contributed by atoms with Crippen molar-refractivity contribution in [1.82, 2.24) is 0 Å². The molecule has 0 bridgehead atoms. The van der Waals surface area contributed by atoms with Crippen LogP contribution in [0.5, 0.6) is 11.5 Å². The monoisotopic (exact) mass is 172 g/mol. The lowest BCUT2D eigenvalue weighted by atomic mass is 10.2. The van der Waals surface area contributed by atoms with Crippen LogP contribution in [0.15, 0.2) is 12.1 Å². The van der Waals surface area contributed by atoms with Crippen LogP contribution in [0.2, 0.25) is 0 Å². The average Bonchev–Trinajstić information content (AvgIpc) is 2.08. The molecule has 0 fully saturated rings. The Bertz CT molecular complexity index is 256. The van der Waals surface area contributed by atoms with Crippen molar-refractivity contribution in [3.63, 3.8) is 0 Å². The molecule has 0 aliphatic rings. The Labute approximate surface area is 69.0 Å². The van der Waals surface area contributed by atoms with E-state index in [4.69, 9.17) is 10.2 Å². The second-order valence-corrected chi connectivity index (χ2v) is 2.27. The molecule has 3 nitrogen and oxygen atoms in total. The lowest BCUT2D eigenvalue weighted by Gasteiger charge is -2.05. The molecule has 0 atom stereocenters. The first-order chi connectivity index (χ1) is 5.69. The van der Waals surface area contributed by atoms with Gasteiger partial charge in [-0.05, 0) is 6.07 Å². The number of ether oxygens (including phenoxy) is 1. The minimum absolute atomic E-state index is 0.0494. The second kappa shape index (κ2) is 3.40. The average molecular weight is 172 g/mol. The van der Waals surface area contributed by atoms with E-state index < -0.39 is 12.4 Å². The van der Waals surface area contributed by atoms with Crippen LogP contribution < -0.4 is 4.74 Å². The summed E-state index contributed by atoms with van der Waals surface area (Å²) in [5, 5.41) is 17.8. The molecule has 0 unspecified atom stereocenters. The van der Waals surface area contributed by atoms with Crippen molar-refractivity contribution in [2.75, 3.05) is 7.11 Å². The molecule has 0 amide bonds. The van der Waals surface area contributed by atoms with Crippen molar-refractivity contribution in [1.29, 1.82) is 0 Å². The highest BCUT2D eigenvalue weighted by molar-refractivity contribution is 5.42. The number of aliphatic hydroxyl groups excluding tert-OH is 1. The Hall–Kier alpha value is -1.29. The molecule has 0 saturated heterocycles. The number of aromatic hydroxyl groups is 1. The number of hydrogen-bond donors (Lipinski definition) is 2. The fourth-order valence-electron chi connectivity index (χ4n) is 0.872. The van der Waals surface area contributed by atoms with Gasteiger partial charge in [-0.25, -0.2) is 4.39 Å². The molecule has 12 heavy (non-hydrogen) atoms. The van der Waals surface area contributed by atoms with E-state index in [1.807, 2.05) is 0 Å². The van der Waals surface area contributed by atoms with Gasteiger partial charge in [0.2, 0.25) is 0 Å². The lowest BCUT2D eigenvalue weighted by Crippen LogP contribution is -1.92. The van der Waals surface area contributed by atoms with Crippen LogP contribution in [0.25, 0.3) is 0 Å². The number of rotatable bonds is 2. The van der Waals surface area contributed by atoms with E-state index in [0.29, 0.717) is 0 Å². The van der Waals surface area contributed by atoms with Gasteiger partial charge < -0.3 is 14.9 Å². The summed E-state index contributed by atoms with van der Waals surface area (Å²) in [5.41, 5.74) is 0.0494. The van der Waals surface area contributed by atoms with Gasteiger partial charge in [0.25, 0.3) is 0 Å². The summed E-state index contributed by atoms with van der Waals surface area (Å²) in [6.07, 6.45) is 0. The second-order valence-electron chi connectivity index (χ2n) is 2.27. The first-order valence-electron chi connectivity index (χ1n) is 3.35. The molecule has 0 aromatic heterocycles. The van der Waals surface area contributed by atoms with Gasteiger partial charge >= 0.3 is 0 Å². The molecule has 0 radical (unpaired) electrons. The highest BCUT2D eigenvalue weighted by Gasteiger charge is 2.07. The lowest BCUT2D eigenvalue weighted by molar-refractivity contribution is 0.274. The molecule has 1 rings (SSSR count). The van der Waals surface area contributed by atoms with E-state index in [9.17, 15) is 4.39 Å². The van der Waals surface area contributed by atoms with Crippen LogP contribution in [0.3, 0.4) is 0 Å². The third-order valence-corrected chi connectivity index (χ3v) is 1.52. The fourth-order valence-corrected chi connectivity index (χ4v) is 0.872. The SMILES string of the molecule is COc1cc(F)c(CO)cc1O. The Morgan fingerprint density at radius 1 is 1.50 bits per heavy atom. The number of halogens is 1. The molecule has 0 saturated carbocycles. The largest absolute Gasteiger partial charge is 0.504 e. The first kappa shape index (κ1) is 8.80. The van der Waals surface area contributed by atoms with E-state index >= 15 is 0 Å². The van der Waals surface area contributed by atoms with Crippen LogP contribution >= 0.6 is 0 Å². The molecule has 66 valence electrons. The van der Waals surface area contributed by atoms with Crippen molar-refractivity contribution in [3.8, 4) is 11.5 Å². The van der Waals surface area contributed by atoms with E-state index in [2.05, 4.69) is 4.74 Å². The topological polar surface area (TPSA) is 49.7 Å². The summed E-state index contributed by atoms with van der Waals surface area (Å²) in [4.78, 5) is 0. The maximum absolute atomic E-state index is 12.9. The molecule has 0 spiro atoms. The number of benzene rings is 1. The zero-order chi connectivity index (χ0) is 9.14. The van der Waals surface area contributed by atoms with Crippen molar-refractivity contribution in [3.05, 3.63) is 23.5 Å². The van der Waals surface area contributed by atoms with Gasteiger partial charge in [-0.1, -0.05) is 0 Å². The molecule has 0 aliphatic heterocycles. The Morgan fingerprint density at radius 3 is 2.67 bits per heavy atom. The highest BCUT2D eigenvalue weighted by Crippen LogP contribution is 2.28. The number of aliphatic hydroxyl groups is 1. The van der Waals surface area contributed by atoms with Crippen LogP contribution in [0.1, 0.15) is 5.56 Å². The summed E-state index contributed by atoms with van der Waals surface area (Å²) in [5.74, 6) is -0.709. The quantitative estimate of drug-likeness (QED) is 0.700. The maximum atomic E-state index is 12.9. The molecular weight excluding hydrogens is 163 g/mol. The van der Waals surface area contributed by atoms with Crippen molar-refractivity contribution in [2.45, 2.75) is 6.61 Å². The highest BCUT2D eigenvalue weighted by atomic mass is 19.1. The van der Waals surface area contributed by atoms with Gasteiger partial charge in [0.05, 0.1) is 13.7 Å². The Balaban J connectivity index is 3.16. The van der Waals surface area contributed by atoms with Crippen LogP contribution in [-0.4, -0.2) is 17.3 Å². The van der Waals surface area contributed by atoms with Crippen LogP contribution in [-0.2, 0) is 6.61 Å². The molecule has 1 aromatic rings. The van der Waals surface area contributed by atoms with Gasteiger partial charge in [0, 0.05) is 11.6 Å². The van der Waals surface area contributed by atoms with Crippen molar-refractivity contribution < 1.29 is 19.3 Å². The van der Waals surface area contributed by atoms with Gasteiger partial charge in [0.15, 0.2) is 11.5 Å². The standard InChI is InChI=1S/C8H9FO3/c1-12-8-3-6(9)5(4-10)2-7(8)11/h2-3,10-11H,4H2,1H3. The summed E-state index contributed by atoms with van der Waals surface area (Å²) in [6.45, 7) is -0.441. The minimum Gasteiger partial charge on any atom is -0.504 e. The zero-order valence-electron chi connectivity index (χ0n) is 6.54. The third kappa shape index (κ3) is 1.48. The molecule has 0 heterocycles. The smallest absolute Gasteiger partial charge is 0.163 e. The van der Waals surface area contributed by atoms with Crippen molar-refractivity contribution in [2.24, 2.45) is 0 Å². The van der Waals surface area contributed by atoms with E-state index in [-0.39, 0.29) is 17.1 Å². The summed E-state index contributed by atoms with van der Waals surface area (Å²) in [6, 6.07) is 2.16. The normalized spacial score (nSPS) is 9.92. The summed E-state index contributed by atoms with van der Waals surface area (Å²) < 4.78 is 17.5. The molecular formula is C8H9FO3. The van der Waals surface area contributed by atoms with Gasteiger partial charge in [-0.2, -0.15) is 0 Å². The van der Waals surface area contributed by atoms with E-state index in [1.54, 1.807) is 0 Å². The van der Waals surface area contributed by atoms with E-state index in [0.717, 1.165) is 12.1 Å². The van der Waals surface area contributed by atoms with Crippen LogP contribution in [0, 0.1) is 5.82 Å². The molecule has 1 aromatic carbocycles. The van der Waals surface area contributed by atoms with Crippen LogP contribution in [0.4, 0.5) is 4.39 Å². The Morgan fingerprint density at radius 2 is 2.17 bits per heavy atom. The third-order valence-electron chi connectivity index (χ3n) is 1.52. The Kier molecular flexibility index (Phi) is 2.50. The number of phenols is 1. The molecule has 4 heteroatoms. The summed E-state index contributed by atoms with van der Waals surface area (Å²) in [7, 11) is 1.33. The summed E-state index contributed by atoms with van der Waals surface area (Å²) >= 11 is 0.